The maximum Gasteiger partial charge on any atom is 0.509 e. The fourth-order valence-corrected chi connectivity index (χ4v) is 5.81. The zero-order chi connectivity index (χ0) is 27.2. The van der Waals surface area contributed by atoms with Crippen molar-refractivity contribution >= 4 is 6.16 Å². The highest BCUT2D eigenvalue weighted by molar-refractivity contribution is 5.61. The first-order valence-electron chi connectivity index (χ1n) is 13.6. The third-order valence-electron chi connectivity index (χ3n) is 8.07. The molecule has 0 aliphatic carbocycles. The van der Waals surface area contributed by atoms with Crippen LogP contribution in [-0.4, -0.2) is 67.9 Å². The number of nitrogens with zero attached hydrogens (tertiary/aromatic N) is 2. The maximum absolute atomic E-state index is 11.9. The Morgan fingerprint density at radius 3 is 2.00 bits per heavy atom. The molecule has 37 heavy (non-hydrogen) atoms. The number of benzene rings is 2. The van der Waals surface area contributed by atoms with Gasteiger partial charge in [-0.25, -0.2) is 4.79 Å². The number of aryl methyl sites for hydroxylation is 2. The number of likely N-dealkylation sites (tertiary alicyclic amines) is 2. The van der Waals surface area contributed by atoms with Gasteiger partial charge in [0.1, 0.15) is 5.60 Å². The molecule has 0 bridgehead atoms. The Hall–Kier alpha value is -2.41. The molecule has 0 radical (unpaired) electrons. The first kappa shape index (κ1) is 29.2. The molecule has 0 unspecified atom stereocenters. The van der Waals surface area contributed by atoms with Gasteiger partial charge in [0.15, 0.2) is 0 Å². The molecule has 2 fully saturated rings. The van der Waals surface area contributed by atoms with Crippen LogP contribution >= 0.6 is 0 Å². The second-order valence-electron chi connectivity index (χ2n) is 11.2. The highest BCUT2D eigenvalue weighted by Gasteiger charge is 2.45. The van der Waals surface area contributed by atoms with Gasteiger partial charge in [0.2, 0.25) is 0 Å². The Balaban J connectivity index is 0.000000213. The van der Waals surface area contributed by atoms with Gasteiger partial charge in [-0.05, 0) is 52.4 Å². The SMILES string of the molecule is CCOC(=O)O[C@@]1(c2cccc(C)c2)CCN(C)C[C@@H]1C.Cc1cccc([C@@]2(O)CCN(C)C[C@@H]2C)c1. The van der Waals surface area contributed by atoms with Crippen molar-refractivity contribution in [1.29, 1.82) is 0 Å². The Bertz CT molecular complexity index is 1040. The third kappa shape index (κ3) is 6.92. The van der Waals surface area contributed by atoms with Crippen LogP contribution in [-0.2, 0) is 20.7 Å². The van der Waals surface area contributed by atoms with Crippen molar-refractivity contribution in [2.75, 3.05) is 46.9 Å². The van der Waals surface area contributed by atoms with E-state index in [4.69, 9.17) is 9.47 Å². The predicted octanol–water partition coefficient (Wildman–Crippen LogP) is 5.49. The Labute approximate surface area is 223 Å². The summed E-state index contributed by atoms with van der Waals surface area (Å²) in [5.74, 6) is 0.496. The first-order chi connectivity index (χ1) is 17.5. The zero-order valence-corrected chi connectivity index (χ0v) is 23.8. The zero-order valence-electron chi connectivity index (χ0n) is 23.8. The van der Waals surface area contributed by atoms with E-state index >= 15 is 0 Å². The van der Waals surface area contributed by atoms with Crippen molar-refractivity contribution in [1.82, 2.24) is 9.80 Å². The second kappa shape index (κ2) is 12.4. The van der Waals surface area contributed by atoms with Crippen molar-refractivity contribution in [2.45, 2.75) is 58.7 Å². The van der Waals surface area contributed by atoms with E-state index in [1.807, 2.05) is 18.2 Å². The van der Waals surface area contributed by atoms with Crippen LogP contribution in [0.2, 0.25) is 0 Å². The summed E-state index contributed by atoms with van der Waals surface area (Å²) in [7, 11) is 4.22. The number of carbonyl (C=O) groups excluding carboxylic acids is 1. The van der Waals surface area contributed by atoms with Crippen LogP contribution in [0.1, 0.15) is 55.9 Å². The van der Waals surface area contributed by atoms with Crippen LogP contribution in [0.4, 0.5) is 4.79 Å². The van der Waals surface area contributed by atoms with Gasteiger partial charge < -0.3 is 24.4 Å². The van der Waals surface area contributed by atoms with Gasteiger partial charge in [-0.2, -0.15) is 0 Å². The van der Waals surface area contributed by atoms with Crippen LogP contribution in [0.25, 0.3) is 0 Å². The number of ether oxygens (including phenoxy) is 2. The van der Waals surface area contributed by atoms with Gasteiger partial charge in [-0.1, -0.05) is 73.5 Å². The summed E-state index contributed by atoms with van der Waals surface area (Å²) in [6, 6.07) is 16.5. The van der Waals surface area contributed by atoms with Crippen LogP contribution < -0.4 is 0 Å². The van der Waals surface area contributed by atoms with E-state index < -0.39 is 17.4 Å². The van der Waals surface area contributed by atoms with Crippen LogP contribution in [0.3, 0.4) is 0 Å². The number of hydrogen-bond donors (Lipinski definition) is 1. The smallest absolute Gasteiger partial charge is 0.435 e. The summed E-state index contributed by atoms with van der Waals surface area (Å²) in [5.41, 5.74) is 3.30. The van der Waals surface area contributed by atoms with Gasteiger partial charge in [0, 0.05) is 44.4 Å². The lowest BCUT2D eigenvalue weighted by atomic mass is 9.76. The van der Waals surface area contributed by atoms with E-state index in [0.717, 1.165) is 50.1 Å². The molecular formula is C31H46N2O4. The van der Waals surface area contributed by atoms with Gasteiger partial charge in [-0.15, -0.1) is 0 Å². The third-order valence-corrected chi connectivity index (χ3v) is 8.07. The van der Waals surface area contributed by atoms with Crippen molar-refractivity contribution in [2.24, 2.45) is 11.8 Å². The van der Waals surface area contributed by atoms with E-state index in [0.29, 0.717) is 6.61 Å². The molecule has 204 valence electrons. The quantitative estimate of drug-likeness (QED) is 0.549. The minimum absolute atomic E-state index is 0.211. The number of hydrogen-bond acceptors (Lipinski definition) is 6. The summed E-state index contributed by atoms with van der Waals surface area (Å²) in [5, 5.41) is 10.8. The minimum Gasteiger partial charge on any atom is -0.435 e. The molecular weight excluding hydrogens is 464 g/mol. The monoisotopic (exact) mass is 510 g/mol. The molecule has 0 spiro atoms. The van der Waals surface area contributed by atoms with Crippen molar-refractivity contribution in [3.63, 3.8) is 0 Å². The maximum atomic E-state index is 11.9. The Kier molecular flexibility index (Phi) is 9.79. The van der Waals surface area contributed by atoms with Gasteiger partial charge in [-0.3, -0.25) is 0 Å². The molecule has 2 aliphatic rings. The van der Waals surface area contributed by atoms with E-state index in [1.165, 1.54) is 11.1 Å². The molecule has 0 aromatic heterocycles. The fourth-order valence-electron chi connectivity index (χ4n) is 5.81. The Morgan fingerprint density at radius 1 is 0.919 bits per heavy atom. The average Bonchev–Trinajstić information content (AvgIpc) is 2.84. The number of rotatable bonds is 4. The molecule has 4 rings (SSSR count). The summed E-state index contributed by atoms with van der Waals surface area (Å²) < 4.78 is 10.9. The highest BCUT2D eigenvalue weighted by atomic mass is 16.7. The van der Waals surface area contributed by atoms with Crippen LogP contribution in [0, 0.1) is 25.7 Å². The van der Waals surface area contributed by atoms with Crippen LogP contribution in [0.5, 0.6) is 0 Å². The topological polar surface area (TPSA) is 62.2 Å². The second-order valence-corrected chi connectivity index (χ2v) is 11.2. The lowest BCUT2D eigenvalue weighted by Crippen LogP contribution is -2.50. The summed E-state index contributed by atoms with van der Waals surface area (Å²) in [4.78, 5) is 16.5. The molecule has 0 amide bonds. The van der Waals surface area contributed by atoms with Crippen molar-refractivity contribution in [3.05, 3.63) is 70.8 Å². The normalized spacial score (nSPS) is 28.6. The van der Waals surface area contributed by atoms with Crippen molar-refractivity contribution in [3.8, 4) is 0 Å². The van der Waals surface area contributed by atoms with E-state index in [-0.39, 0.29) is 11.8 Å². The standard InChI is InChI=1S/C17H25NO3.C14H21NO/c1-5-20-16(19)21-17(9-10-18(4)12-14(17)3)15-8-6-7-13(2)11-15;1-11-5-4-6-13(9-11)14(16)7-8-15(3)10-12(14)2/h6-8,11,14H,5,9-10,12H2,1-4H3;4-6,9,12,16H,7-8,10H2,1-3H3/t14-,17-;12-,14+/m00/s1. The summed E-state index contributed by atoms with van der Waals surface area (Å²) in [6.07, 6.45) is 1.04. The summed E-state index contributed by atoms with van der Waals surface area (Å²) in [6.45, 7) is 14.3. The van der Waals surface area contributed by atoms with E-state index in [1.54, 1.807) is 6.92 Å². The predicted molar refractivity (Wildman–Crippen MR) is 149 cm³/mol. The average molecular weight is 511 g/mol. The summed E-state index contributed by atoms with van der Waals surface area (Å²) >= 11 is 0. The van der Waals surface area contributed by atoms with E-state index in [9.17, 15) is 9.90 Å². The first-order valence-corrected chi connectivity index (χ1v) is 13.6. The van der Waals surface area contributed by atoms with Gasteiger partial charge in [0.25, 0.3) is 0 Å². The lowest BCUT2D eigenvalue weighted by molar-refractivity contribution is -0.0996. The largest absolute Gasteiger partial charge is 0.509 e. The molecule has 2 heterocycles. The fraction of sp³-hybridized carbons (Fsp3) is 0.581. The number of piperidine rings is 2. The Morgan fingerprint density at radius 2 is 1.46 bits per heavy atom. The highest BCUT2D eigenvalue weighted by Crippen LogP contribution is 2.41. The molecule has 2 aromatic carbocycles. The molecule has 6 nitrogen and oxygen atoms in total. The molecule has 2 aliphatic heterocycles. The van der Waals surface area contributed by atoms with Crippen molar-refractivity contribution < 1.29 is 19.4 Å². The van der Waals surface area contributed by atoms with Crippen LogP contribution in [0.15, 0.2) is 48.5 Å². The number of carbonyl (C=O) groups is 1. The molecule has 4 atom stereocenters. The van der Waals surface area contributed by atoms with Gasteiger partial charge >= 0.3 is 6.16 Å². The minimum atomic E-state index is -0.640. The molecule has 2 aromatic rings. The number of aliphatic hydroxyl groups is 1. The molecule has 1 N–H and O–H groups in total. The lowest BCUT2D eigenvalue weighted by Gasteiger charge is -2.45. The molecule has 2 saturated heterocycles. The van der Waals surface area contributed by atoms with Gasteiger partial charge in [0.05, 0.1) is 12.2 Å². The molecule has 6 heteroatoms. The molecule has 0 saturated carbocycles. The van der Waals surface area contributed by atoms with E-state index in [2.05, 4.69) is 81.9 Å².